The maximum absolute atomic E-state index is 13.3. The molecule has 2 aromatic carbocycles. The average Bonchev–Trinajstić information content (AvgIpc) is 3.55. The van der Waals surface area contributed by atoms with Gasteiger partial charge in [0, 0.05) is 53.4 Å². The van der Waals surface area contributed by atoms with Crippen LogP contribution in [0.3, 0.4) is 0 Å². The monoisotopic (exact) mass is 563 g/mol. The zero-order valence-electron chi connectivity index (χ0n) is 22.3. The Bertz CT molecular complexity index is 1390. The zero-order valence-corrected chi connectivity index (χ0v) is 23.9. The number of nitrogens with zero attached hydrogens (tertiary/aromatic N) is 3. The third kappa shape index (κ3) is 8.27. The van der Waals surface area contributed by atoms with Crippen LogP contribution in [0.15, 0.2) is 65.4 Å². The molecule has 0 saturated heterocycles. The first-order valence-corrected chi connectivity index (χ1v) is 14.5. The highest BCUT2D eigenvalue weighted by Crippen LogP contribution is 2.15. The van der Waals surface area contributed by atoms with Gasteiger partial charge in [-0.15, -0.1) is 22.7 Å². The molecule has 4 aromatic rings. The number of aryl methyl sites for hydroxylation is 2. The van der Waals surface area contributed by atoms with Crippen molar-refractivity contribution in [2.24, 2.45) is 0 Å². The number of nitrogens with one attached hydrogen (secondary N) is 2. The number of amides is 2. The number of rotatable bonds is 12. The molecular formula is C29H33N5O3S2. The van der Waals surface area contributed by atoms with Gasteiger partial charge in [-0.25, -0.2) is 9.97 Å². The van der Waals surface area contributed by atoms with Crippen molar-refractivity contribution in [3.63, 3.8) is 0 Å². The second-order valence-corrected chi connectivity index (χ2v) is 11.4. The number of aromatic nitrogens is 2. The fourth-order valence-corrected chi connectivity index (χ4v) is 5.69. The molecule has 2 heterocycles. The fraction of sp³-hybridized carbons (Fsp3) is 0.310. The molecule has 4 rings (SSSR count). The Morgan fingerprint density at radius 2 is 1.62 bits per heavy atom. The maximum atomic E-state index is 13.3. The van der Waals surface area contributed by atoms with Crippen LogP contribution in [-0.4, -0.2) is 57.5 Å². The molecule has 0 bridgehead atoms. The first-order chi connectivity index (χ1) is 18.8. The van der Waals surface area contributed by atoms with Crippen LogP contribution in [0.5, 0.6) is 0 Å². The molecule has 0 saturated carbocycles. The van der Waals surface area contributed by atoms with Gasteiger partial charge in [-0.1, -0.05) is 36.4 Å². The molecule has 39 heavy (non-hydrogen) atoms. The Hall–Kier alpha value is -3.44. The van der Waals surface area contributed by atoms with Crippen molar-refractivity contribution in [1.29, 1.82) is 0 Å². The van der Waals surface area contributed by atoms with Crippen molar-refractivity contribution in [3.8, 4) is 0 Å². The van der Waals surface area contributed by atoms with Crippen molar-refractivity contribution in [2.75, 3.05) is 13.6 Å². The van der Waals surface area contributed by atoms with Crippen LogP contribution in [0.1, 0.15) is 47.7 Å². The Balaban J connectivity index is 1.42. The predicted octanol–water partition coefficient (Wildman–Crippen LogP) is 3.98. The zero-order chi connectivity index (χ0) is 27.8. The third-order valence-corrected chi connectivity index (χ3v) is 8.05. The number of aliphatic hydroxyl groups excluding tert-OH is 1. The van der Waals surface area contributed by atoms with Gasteiger partial charge in [-0.3, -0.25) is 9.59 Å². The maximum Gasteiger partial charge on any atom is 0.253 e. The highest BCUT2D eigenvalue weighted by molar-refractivity contribution is 7.09. The summed E-state index contributed by atoms with van der Waals surface area (Å²) in [6.07, 6.45) is -0.381. The largest absolute Gasteiger partial charge is 0.390 e. The van der Waals surface area contributed by atoms with Crippen molar-refractivity contribution in [3.05, 3.63) is 103 Å². The molecule has 3 N–H and O–H groups in total. The van der Waals surface area contributed by atoms with Gasteiger partial charge in [0.15, 0.2) is 0 Å². The molecule has 10 heteroatoms. The van der Waals surface area contributed by atoms with Gasteiger partial charge in [0.1, 0.15) is 10.0 Å². The van der Waals surface area contributed by atoms with Gasteiger partial charge < -0.3 is 20.6 Å². The van der Waals surface area contributed by atoms with Crippen LogP contribution in [0.4, 0.5) is 0 Å². The van der Waals surface area contributed by atoms with Gasteiger partial charge in [0.05, 0.1) is 18.7 Å². The second kappa shape index (κ2) is 13.6. The van der Waals surface area contributed by atoms with E-state index in [4.69, 9.17) is 0 Å². The summed E-state index contributed by atoms with van der Waals surface area (Å²) < 4.78 is 0. The second-order valence-electron chi connectivity index (χ2n) is 9.48. The van der Waals surface area contributed by atoms with E-state index >= 15 is 0 Å². The summed E-state index contributed by atoms with van der Waals surface area (Å²) in [5.41, 5.74) is 3.67. The molecule has 2 aromatic heterocycles. The molecule has 2 amide bonds. The number of carbonyl (C=O) groups is 2. The number of benzene rings is 2. The highest BCUT2D eigenvalue weighted by Gasteiger charge is 2.23. The van der Waals surface area contributed by atoms with E-state index in [1.165, 1.54) is 11.3 Å². The molecule has 8 nitrogen and oxygen atoms in total. The first-order valence-electron chi connectivity index (χ1n) is 12.7. The van der Waals surface area contributed by atoms with Gasteiger partial charge in [0.25, 0.3) is 11.8 Å². The molecule has 0 fully saturated rings. The minimum absolute atomic E-state index is 0.194. The lowest BCUT2D eigenvalue weighted by Crippen LogP contribution is -2.48. The summed E-state index contributed by atoms with van der Waals surface area (Å²) in [6.45, 7) is 5.09. The molecule has 0 aliphatic heterocycles. The number of hydrogen-bond donors (Lipinski definition) is 3. The standard InChI is InChI=1S/C29H33N5O3S2/c1-19-17-38-26(31-19)15-30-14-25(35)24(12-21-8-5-4-6-9-21)33-28(36)22-10-7-11-23(13-22)29(37)34(3)16-27-32-20(2)18-39-27/h4-11,13,17-18,24-25,30,35H,12,14-16H2,1-3H3,(H,33,36)/t24-,25+/m0/s1. The van der Waals surface area contributed by atoms with Crippen LogP contribution in [0.25, 0.3) is 0 Å². The normalized spacial score (nSPS) is 12.6. The molecule has 0 aliphatic carbocycles. The summed E-state index contributed by atoms with van der Waals surface area (Å²) >= 11 is 3.08. The van der Waals surface area contributed by atoms with E-state index < -0.39 is 12.1 Å². The average molecular weight is 564 g/mol. The molecule has 204 valence electrons. The van der Waals surface area contributed by atoms with E-state index in [1.54, 1.807) is 47.5 Å². The minimum Gasteiger partial charge on any atom is -0.390 e. The number of carbonyl (C=O) groups excluding carboxylic acids is 2. The summed E-state index contributed by atoms with van der Waals surface area (Å²) in [4.78, 5) is 36.8. The third-order valence-electron chi connectivity index (χ3n) is 6.13. The van der Waals surface area contributed by atoms with E-state index in [1.807, 2.05) is 54.9 Å². The van der Waals surface area contributed by atoms with E-state index in [0.29, 0.717) is 30.6 Å². The van der Waals surface area contributed by atoms with Gasteiger partial charge >= 0.3 is 0 Å². The quantitative estimate of drug-likeness (QED) is 0.241. The lowest BCUT2D eigenvalue weighted by atomic mass is 10.00. The molecule has 0 radical (unpaired) electrons. The Morgan fingerprint density at radius 1 is 0.949 bits per heavy atom. The fourth-order valence-electron chi connectivity index (χ4n) is 4.12. The summed E-state index contributed by atoms with van der Waals surface area (Å²) in [5.74, 6) is -0.543. The van der Waals surface area contributed by atoms with Crippen molar-refractivity contribution < 1.29 is 14.7 Å². The highest BCUT2D eigenvalue weighted by atomic mass is 32.1. The Kier molecular flexibility index (Phi) is 9.94. The minimum atomic E-state index is -0.840. The predicted molar refractivity (Wildman–Crippen MR) is 155 cm³/mol. The van der Waals surface area contributed by atoms with Crippen LogP contribution >= 0.6 is 22.7 Å². The van der Waals surface area contributed by atoms with E-state index in [-0.39, 0.29) is 18.4 Å². The lowest BCUT2D eigenvalue weighted by Gasteiger charge is -2.25. The molecule has 0 spiro atoms. The van der Waals surface area contributed by atoms with Crippen molar-refractivity contribution in [1.82, 2.24) is 25.5 Å². The van der Waals surface area contributed by atoms with E-state index in [9.17, 15) is 14.7 Å². The van der Waals surface area contributed by atoms with Crippen molar-refractivity contribution >= 4 is 34.5 Å². The number of aliphatic hydroxyl groups is 1. The first kappa shape index (κ1) is 28.6. The molecule has 0 aliphatic rings. The SMILES string of the molecule is Cc1csc(CNC[C@@H](O)[C@H](Cc2ccccc2)NC(=O)c2cccc(C(=O)N(C)Cc3nc(C)cs3)c2)n1. The number of hydrogen-bond acceptors (Lipinski definition) is 8. The summed E-state index contributed by atoms with van der Waals surface area (Å²) in [5, 5.41) is 23.0. The van der Waals surface area contributed by atoms with Crippen LogP contribution in [0, 0.1) is 13.8 Å². The van der Waals surface area contributed by atoms with Gasteiger partial charge in [0.2, 0.25) is 0 Å². The smallest absolute Gasteiger partial charge is 0.253 e. The van der Waals surface area contributed by atoms with Gasteiger partial charge in [-0.2, -0.15) is 0 Å². The topological polar surface area (TPSA) is 107 Å². The van der Waals surface area contributed by atoms with E-state index in [2.05, 4.69) is 20.6 Å². The molecule has 2 atom stereocenters. The van der Waals surface area contributed by atoms with E-state index in [0.717, 1.165) is 27.0 Å². The Labute approximate surface area is 236 Å². The van der Waals surface area contributed by atoms with Crippen LogP contribution < -0.4 is 10.6 Å². The van der Waals surface area contributed by atoms with Gasteiger partial charge in [-0.05, 0) is 44.0 Å². The molecular weight excluding hydrogens is 530 g/mol. The Morgan fingerprint density at radius 3 is 2.28 bits per heavy atom. The van der Waals surface area contributed by atoms with Crippen LogP contribution in [-0.2, 0) is 19.5 Å². The van der Waals surface area contributed by atoms with Crippen molar-refractivity contribution in [2.45, 2.75) is 45.5 Å². The van der Waals surface area contributed by atoms with Crippen LogP contribution in [0.2, 0.25) is 0 Å². The summed E-state index contributed by atoms with van der Waals surface area (Å²) in [7, 11) is 1.72. The molecule has 0 unspecified atom stereocenters. The lowest BCUT2D eigenvalue weighted by molar-refractivity contribution is 0.0784. The summed E-state index contributed by atoms with van der Waals surface area (Å²) in [6, 6.07) is 15.9. The number of thiazole rings is 2.